The third-order valence-corrected chi connectivity index (χ3v) is 4.94. The molecule has 0 aliphatic carbocycles. The number of aromatic nitrogens is 2. The Morgan fingerprint density at radius 1 is 1.03 bits per heavy atom. The minimum Gasteiger partial charge on any atom is -0.493 e. The van der Waals surface area contributed by atoms with Crippen molar-refractivity contribution in [1.29, 1.82) is 0 Å². The Kier molecular flexibility index (Phi) is 4.52. The summed E-state index contributed by atoms with van der Waals surface area (Å²) in [6, 6.07) is 18.7. The van der Waals surface area contributed by atoms with E-state index in [1.807, 2.05) is 28.8 Å². The summed E-state index contributed by atoms with van der Waals surface area (Å²) in [5.74, 6) is 0.738. The lowest BCUT2D eigenvalue weighted by Crippen LogP contribution is -2.04. The largest absolute Gasteiger partial charge is 0.493 e. The van der Waals surface area contributed by atoms with E-state index in [2.05, 4.69) is 4.98 Å². The number of benzene rings is 2. The van der Waals surface area contributed by atoms with Gasteiger partial charge in [-0.25, -0.2) is 9.37 Å². The fraction of sp³-hybridized carbons (Fsp3) is 0.0833. The van der Waals surface area contributed by atoms with Crippen molar-refractivity contribution in [2.75, 3.05) is 6.61 Å². The van der Waals surface area contributed by atoms with Gasteiger partial charge >= 0.3 is 0 Å². The van der Waals surface area contributed by atoms with Gasteiger partial charge in [-0.3, -0.25) is 4.79 Å². The van der Waals surface area contributed by atoms with Gasteiger partial charge in [-0.2, -0.15) is 0 Å². The third-order valence-electron chi connectivity index (χ3n) is 4.94. The lowest BCUT2D eigenvalue weighted by atomic mass is 10.1. The molecule has 0 N–H and O–H groups in total. The van der Waals surface area contributed by atoms with E-state index in [1.165, 1.54) is 18.2 Å². The van der Waals surface area contributed by atoms with Crippen LogP contribution >= 0.6 is 0 Å². The van der Waals surface area contributed by atoms with Crippen LogP contribution in [0.5, 0.6) is 5.75 Å². The Bertz CT molecular complexity index is 1400. The van der Waals surface area contributed by atoms with Crippen LogP contribution in [0.4, 0.5) is 4.39 Å². The van der Waals surface area contributed by atoms with Crippen LogP contribution in [0, 0.1) is 5.82 Å². The van der Waals surface area contributed by atoms with Crippen LogP contribution in [0.2, 0.25) is 0 Å². The van der Waals surface area contributed by atoms with E-state index in [0.29, 0.717) is 41.2 Å². The van der Waals surface area contributed by atoms with Crippen molar-refractivity contribution in [3.05, 3.63) is 101 Å². The molecule has 2 aromatic carbocycles. The van der Waals surface area contributed by atoms with Crippen molar-refractivity contribution in [2.45, 2.75) is 6.42 Å². The van der Waals surface area contributed by atoms with Gasteiger partial charge in [0.25, 0.3) is 0 Å². The zero-order chi connectivity index (χ0) is 20.5. The molecule has 0 saturated heterocycles. The van der Waals surface area contributed by atoms with Gasteiger partial charge < -0.3 is 13.6 Å². The molecule has 0 unspecified atom stereocenters. The van der Waals surface area contributed by atoms with E-state index in [0.717, 1.165) is 11.1 Å². The first-order valence-corrected chi connectivity index (χ1v) is 9.54. The molecule has 30 heavy (non-hydrogen) atoms. The highest BCUT2D eigenvalue weighted by molar-refractivity contribution is 5.80. The van der Waals surface area contributed by atoms with E-state index >= 15 is 0 Å². The molecule has 0 atom stereocenters. The number of hydrogen-bond acceptors (Lipinski definition) is 4. The molecule has 5 aromatic rings. The van der Waals surface area contributed by atoms with Crippen LogP contribution < -0.4 is 10.2 Å². The molecule has 6 heteroatoms. The molecular weight excluding hydrogens is 383 g/mol. The lowest BCUT2D eigenvalue weighted by molar-refractivity contribution is 0.322. The van der Waals surface area contributed by atoms with Crippen LogP contribution in [-0.2, 0) is 6.42 Å². The average Bonchev–Trinajstić information content (AvgIpc) is 3.23. The van der Waals surface area contributed by atoms with Crippen molar-refractivity contribution in [3.63, 3.8) is 0 Å². The van der Waals surface area contributed by atoms with Crippen molar-refractivity contribution in [1.82, 2.24) is 9.38 Å². The summed E-state index contributed by atoms with van der Waals surface area (Å²) >= 11 is 0. The summed E-state index contributed by atoms with van der Waals surface area (Å²) in [4.78, 5) is 17.1. The van der Waals surface area contributed by atoms with Crippen LogP contribution in [0.25, 0.3) is 27.9 Å². The van der Waals surface area contributed by atoms with E-state index < -0.39 is 0 Å². The fourth-order valence-corrected chi connectivity index (χ4v) is 3.36. The number of rotatable bonds is 5. The Morgan fingerprint density at radius 3 is 2.77 bits per heavy atom. The second kappa shape index (κ2) is 7.48. The standard InChI is InChI=1S/C24H17FN2O3/c25-17-5-3-16(4-6-17)9-11-29-19-7-8-23-20(13-19)22(28)14-24(30-23)21-12-18-2-1-10-27(18)15-26-21/h1-8,10,12-15H,9,11H2. The molecule has 0 bridgehead atoms. The number of fused-ring (bicyclic) bond motifs is 2. The maximum absolute atomic E-state index is 13.0. The Balaban J connectivity index is 1.38. The van der Waals surface area contributed by atoms with E-state index in [4.69, 9.17) is 9.15 Å². The molecule has 0 spiro atoms. The molecule has 0 fully saturated rings. The van der Waals surface area contributed by atoms with Gasteiger partial charge in [-0.05, 0) is 54.1 Å². The normalized spacial score (nSPS) is 11.2. The minimum atomic E-state index is -0.260. The van der Waals surface area contributed by atoms with Crippen molar-refractivity contribution in [3.8, 4) is 17.2 Å². The highest BCUT2D eigenvalue weighted by Gasteiger charge is 2.10. The molecule has 0 radical (unpaired) electrons. The number of ether oxygens (including phenoxy) is 1. The molecule has 0 aliphatic rings. The maximum atomic E-state index is 13.0. The highest BCUT2D eigenvalue weighted by atomic mass is 19.1. The van der Waals surface area contributed by atoms with Gasteiger partial charge in [-0.1, -0.05) is 12.1 Å². The highest BCUT2D eigenvalue weighted by Crippen LogP contribution is 2.24. The zero-order valence-corrected chi connectivity index (χ0v) is 15.9. The smallest absolute Gasteiger partial charge is 0.193 e. The lowest BCUT2D eigenvalue weighted by Gasteiger charge is -2.08. The summed E-state index contributed by atoms with van der Waals surface area (Å²) in [6.45, 7) is 0.418. The number of nitrogens with zero attached hydrogens (tertiary/aromatic N) is 2. The summed E-state index contributed by atoms with van der Waals surface area (Å²) in [7, 11) is 0. The molecule has 0 amide bonds. The predicted molar refractivity (Wildman–Crippen MR) is 112 cm³/mol. The number of hydrogen-bond donors (Lipinski definition) is 0. The molecule has 0 aliphatic heterocycles. The first kappa shape index (κ1) is 18.1. The SMILES string of the molecule is O=c1cc(-c2cc3cccn3cn2)oc2ccc(OCCc3ccc(F)cc3)cc12. The monoisotopic (exact) mass is 400 g/mol. The molecule has 3 aromatic heterocycles. The first-order valence-electron chi connectivity index (χ1n) is 9.54. The van der Waals surface area contributed by atoms with Gasteiger partial charge in [0.2, 0.25) is 0 Å². The third kappa shape index (κ3) is 3.55. The second-order valence-corrected chi connectivity index (χ2v) is 6.97. The molecule has 0 saturated carbocycles. The summed E-state index contributed by atoms with van der Waals surface area (Å²) in [5.41, 5.74) is 2.86. The van der Waals surface area contributed by atoms with Gasteiger partial charge in [0.15, 0.2) is 11.2 Å². The Hall–Kier alpha value is -3.93. The van der Waals surface area contributed by atoms with Crippen LogP contribution in [0.15, 0.2) is 88.5 Å². The van der Waals surface area contributed by atoms with Crippen LogP contribution in [0.3, 0.4) is 0 Å². The second-order valence-electron chi connectivity index (χ2n) is 6.97. The quantitative estimate of drug-likeness (QED) is 0.422. The Labute approximate surface area is 171 Å². The van der Waals surface area contributed by atoms with Crippen molar-refractivity contribution < 1.29 is 13.5 Å². The summed E-state index contributed by atoms with van der Waals surface area (Å²) in [5, 5.41) is 0.446. The number of halogens is 1. The average molecular weight is 400 g/mol. The minimum absolute atomic E-state index is 0.160. The molecule has 5 nitrogen and oxygen atoms in total. The summed E-state index contributed by atoms with van der Waals surface area (Å²) in [6.07, 6.45) is 4.23. The van der Waals surface area contributed by atoms with Gasteiger partial charge in [0.05, 0.1) is 18.3 Å². The van der Waals surface area contributed by atoms with Crippen molar-refractivity contribution in [2.24, 2.45) is 0 Å². The topological polar surface area (TPSA) is 56.7 Å². The zero-order valence-electron chi connectivity index (χ0n) is 15.9. The molecule has 148 valence electrons. The first-order chi connectivity index (χ1) is 14.7. The summed E-state index contributed by atoms with van der Waals surface area (Å²) < 4.78 is 26.6. The van der Waals surface area contributed by atoms with E-state index in [1.54, 1.807) is 36.7 Å². The maximum Gasteiger partial charge on any atom is 0.193 e. The van der Waals surface area contributed by atoms with Crippen LogP contribution in [0.1, 0.15) is 5.56 Å². The van der Waals surface area contributed by atoms with Gasteiger partial charge in [0.1, 0.15) is 22.8 Å². The fourth-order valence-electron chi connectivity index (χ4n) is 3.36. The Morgan fingerprint density at radius 2 is 1.90 bits per heavy atom. The van der Waals surface area contributed by atoms with E-state index in [9.17, 15) is 9.18 Å². The van der Waals surface area contributed by atoms with E-state index in [-0.39, 0.29) is 11.2 Å². The van der Waals surface area contributed by atoms with Gasteiger partial charge in [-0.15, -0.1) is 0 Å². The molecule has 3 heterocycles. The van der Waals surface area contributed by atoms with Crippen molar-refractivity contribution >= 4 is 16.5 Å². The van der Waals surface area contributed by atoms with Gasteiger partial charge in [0, 0.05) is 24.2 Å². The van der Waals surface area contributed by atoms with Crippen LogP contribution in [-0.4, -0.2) is 16.0 Å². The molecule has 5 rings (SSSR count). The molecular formula is C24H17FN2O3. The predicted octanol–water partition coefficient (Wildman–Crippen LogP) is 4.87.